The highest BCUT2D eigenvalue weighted by Gasteiger charge is 2.31. The summed E-state index contributed by atoms with van der Waals surface area (Å²) in [4.78, 5) is 16.4. The van der Waals surface area contributed by atoms with E-state index in [0.29, 0.717) is 16.9 Å². The lowest BCUT2D eigenvalue weighted by molar-refractivity contribution is -0.116. The van der Waals surface area contributed by atoms with Gasteiger partial charge in [0.25, 0.3) is 0 Å². The molecule has 0 bridgehead atoms. The molecule has 2 aromatic carbocycles. The van der Waals surface area contributed by atoms with E-state index < -0.39 is 0 Å². The first-order valence-electron chi connectivity index (χ1n) is 10.4. The third-order valence-electron chi connectivity index (χ3n) is 5.48. The maximum absolute atomic E-state index is 13.2. The fourth-order valence-corrected chi connectivity index (χ4v) is 5.70. The first-order valence-corrected chi connectivity index (χ1v) is 12.3. The third-order valence-corrected chi connectivity index (χ3v) is 7.64. The number of rotatable bonds is 5. The van der Waals surface area contributed by atoms with Crippen LogP contribution in [0.5, 0.6) is 0 Å². The first-order chi connectivity index (χ1) is 14.7. The van der Waals surface area contributed by atoms with Gasteiger partial charge in [-0.1, -0.05) is 49.0 Å². The fourth-order valence-electron chi connectivity index (χ4n) is 3.75. The molecule has 5 rings (SSSR count). The summed E-state index contributed by atoms with van der Waals surface area (Å²) in [6.07, 6.45) is 3.31. The number of hydrogen-bond donors (Lipinski definition) is 0. The number of carbonyl (C=O) groups is 1. The van der Waals surface area contributed by atoms with Gasteiger partial charge in [0.05, 0.1) is 11.4 Å². The predicted octanol–water partition coefficient (Wildman–Crippen LogP) is 5.15. The Labute approximate surface area is 185 Å². The SMILES string of the molecule is CC1CCN(C(=O)CSc2nnc(C3CC3)n2-c2ccccc2)c2ccccc2S1. The number of amides is 1. The summed E-state index contributed by atoms with van der Waals surface area (Å²) >= 11 is 3.34. The number of hydrogen-bond acceptors (Lipinski definition) is 5. The number of fused-ring (bicyclic) bond motifs is 1. The molecule has 0 spiro atoms. The summed E-state index contributed by atoms with van der Waals surface area (Å²) in [5.74, 6) is 1.97. The molecule has 1 fully saturated rings. The molecule has 2 aliphatic rings. The molecule has 0 saturated heterocycles. The average molecular weight is 437 g/mol. The molecule has 1 aromatic heterocycles. The van der Waals surface area contributed by atoms with E-state index in [4.69, 9.17) is 0 Å². The van der Waals surface area contributed by atoms with Gasteiger partial charge in [0.2, 0.25) is 5.91 Å². The van der Waals surface area contributed by atoms with Crippen molar-refractivity contribution in [1.82, 2.24) is 14.8 Å². The van der Waals surface area contributed by atoms with E-state index in [-0.39, 0.29) is 5.91 Å². The lowest BCUT2D eigenvalue weighted by atomic mass is 10.2. The quantitative estimate of drug-likeness (QED) is 0.518. The second kappa shape index (κ2) is 8.47. The highest BCUT2D eigenvalue weighted by molar-refractivity contribution is 8.00. The zero-order valence-corrected chi connectivity index (χ0v) is 18.5. The van der Waals surface area contributed by atoms with Crippen molar-refractivity contribution < 1.29 is 4.79 Å². The minimum absolute atomic E-state index is 0.123. The van der Waals surface area contributed by atoms with Gasteiger partial charge < -0.3 is 4.90 Å². The van der Waals surface area contributed by atoms with E-state index in [0.717, 1.165) is 48.2 Å². The van der Waals surface area contributed by atoms with Crippen molar-refractivity contribution in [2.75, 3.05) is 17.2 Å². The van der Waals surface area contributed by atoms with E-state index in [2.05, 4.69) is 46.0 Å². The molecule has 1 amide bonds. The number of nitrogens with zero attached hydrogens (tertiary/aromatic N) is 4. The summed E-state index contributed by atoms with van der Waals surface area (Å²) in [6.45, 7) is 2.98. The topological polar surface area (TPSA) is 51.0 Å². The molecule has 1 aliphatic carbocycles. The maximum Gasteiger partial charge on any atom is 0.237 e. The van der Waals surface area contributed by atoms with E-state index in [1.807, 2.05) is 47.0 Å². The summed E-state index contributed by atoms with van der Waals surface area (Å²) in [5.41, 5.74) is 2.09. The summed E-state index contributed by atoms with van der Waals surface area (Å²) in [5, 5.41) is 10.2. The van der Waals surface area contributed by atoms with Gasteiger partial charge in [-0.3, -0.25) is 9.36 Å². The van der Waals surface area contributed by atoms with E-state index >= 15 is 0 Å². The van der Waals surface area contributed by atoms with Crippen LogP contribution in [0, 0.1) is 0 Å². The molecule has 5 nitrogen and oxygen atoms in total. The van der Waals surface area contributed by atoms with Crippen molar-refractivity contribution in [3.63, 3.8) is 0 Å². The number of anilines is 1. The van der Waals surface area contributed by atoms with Crippen LogP contribution in [0.4, 0.5) is 5.69 Å². The second-order valence-corrected chi connectivity index (χ2v) is 10.2. The molecule has 1 unspecified atom stereocenters. The van der Waals surface area contributed by atoms with E-state index in [1.54, 1.807) is 0 Å². The monoisotopic (exact) mass is 436 g/mol. The normalized spacial score (nSPS) is 18.7. The number of thioether (sulfide) groups is 2. The summed E-state index contributed by atoms with van der Waals surface area (Å²) < 4.78 is 2.13. The minimum Gasteiger partial charge on any atom is -0.311 e. The van der Waals surface area contributed by atoms with Crippen LogP contribution in [0.25, 0.3) is 5.69 Å². The predicted molar refractivity (Wildman–Crippen MR) is 123 cm³/mol. The standard InChI is InChI=1S/C23H24N4OS2/c1-16-13-14-26(19-9-5-6-10-20(19)30-16)21(28)15-29-23-25-24-22(17-11-12-17)27(23)18-7-3-2-4-8-18/h2-10,16-17H,11-15H2,1H3. The van der Waals surface area contributed by atoms with Crippen LogP contribution in [0.3, 0.4) is 0 Å². The van der Waals surface area contributed by atoms with Crippen LogP contribution in [0.15, 0.2) is 64.6 Å². The third kappa shape index (κ3) is 4.01. The molecule has 30 heavy (non-hydrogen) atoms. The molecule has 2 heterocycles. The van der Waals surface area contributed by atoms with Gasteiger partial charge in [0.1, 0.15) is 5.82 Å². The van der Waals surface area contributed by atoms with Crippen molar-refractivity contribution in [3.8, 4) is 5.69 Å². The molecule has 1 atom stereocenters. The van der Waals surface area contributed by atoms with Gasteiger partial charge >= 0.3 is 0 Å². The number of benzene rings is 2. The maximum atomic E-state index is 13.2. The smallest absolute Gasteiger partial charge is 0.237 e. The Kier molecular flexibility index (Phi) is 5.56. The zero-order valence-electron chi connectivity index (χ0n) is 16.9. The van der Waals surface area contributed by atoms with Gasteiger partial charge in [-0.15, -0.1) is 22.0 Å². The van der Waals surface area contributed by atoms with Crippen LogP contribution in [0.2, 0.25) is 0 Å². The van der Waals surface area contributed by atoms with Gasteiger partial charge in [-0.25, -0.2) is 0 Å². The Morgan fingerprint density at radius 1 is 1.07 bits per heavy atom. The molecular formula is C23H24N4OS2. The highest BCUT2D eigenvalue weighted by Crippen LogP contribution is 2.41. The van der Waals surface area contributed by atoms with Crippen LogP contribution < -0.4 is 4.90 Å². The number of aromatic nitrogens is 3. The number of carbonyl (C=O) groups excluding carboxylic acids is 1. The average Bonchev–Trinajstić information content (AvgIpc) is 3.55. The second-order valence-electron chi connectivity index (χ2n) is 7.80. The number of para-hydroxylation sites is 2. The molecule has 0 radical (unpaired) electrons. The Hall–Kier alpha value is -2.25. The summed E-state index contributed by atoms with van der Waals surface area (Å²) in [7, 11) is 0. The van der Waals surface area contributed by atoms with Crippen molar-refractivity contribution in [2.24, 2.45) is 0 Å². The van der Waals surface area contributed by atoms with Gasteiger partial charge in [-0.05, 0) is 43.5 Å². The molecule has 3 aromatic rings. The van der Waals surface area contributed by atoms with Gasteiger partial charge in [0.15, 0.2) is 5.16 Å². The van der Waals surface area contributed by atoms with Gasteiger partial charge in [0, 0.05) is 28.3 Å². The Bertz CT molecular complexity index is 1050. The van der Waals surface area contributed by atoms with Crippen LogP contribution in [-0.4, -0.2) is 38.2 Å². The van der Waals surface area contributed by atoms with Crippen molar-refractivity contribution >= 4 is 35.1 Å². The van der Waals surface area contributed by atoms with Crippen LogP contribution in [0.1, 0.15) is 37.9 Å². The van der Waals surface area contributed by atoms with Crippen molar-refractivity contribution in [1.29, 1.82) is 0 Å². The summed E-state index contributed by atoms with van der Waals surface area (Å²) in [6, 6.07) is 18.4. The first kappa shape index (κ1) is 19.7. The minimum atomic E-state index is 0.123. The molecule has 1 saturated carbocycles. The van der Waals surface area contributed by atoms with Crippen molar-refractivity contribution in [3.05, 3.63) is 60.4 Å². The van der Waals surface area contributed by atoms with E-state index in [9.17, 15) is 4.79 Å². The Balaban J connectivity index is 1.38. The molecule has 1 aliphatic heterocycles. The molecule has 0 N–H and O–H groups in total. The highest BCUT2D eigenvalue weighted by atomic mass is 32.2. The Morgan fingerprint density at radius 3 is 2.63 bits per heavy atom. The largest absolute Gasteiger partial charge is 0.311 e. The fraction of sp³-hybridized carbons (Fsp3) is 0.348. The van der Waals surface area contributed by atoms with Crippen LogP contribution >= 0.6 is 23.5 Å². The molecule has 7 heteroatoms. The molecular weight excluding hydrogens is 412 g/mol. The lowest BCUT2D eigenvalue weighted by Gasteiger charge is -2.22. The zero-order chi connectivity index (χ0) is 20.5. The lowest BCUT2D eigenvalue weighted by Crippen LogP contribution is -2.33. The van der Waals surface area contributed by atoms with Gasteiger partial charge in [-0.2, -0.15) is 0 Å². The van der Waals surface area contributed by atoms with Crippen molar-refractivity contribution in [2.45, 2.75) is 47.4 Å². The van der Waals surface area contributed by atoms with E-state index in [1.165, 1.54) is 16.7 Å². The van der Waals surface area contributed by atoms with Crippen LogP contribution in [-0.2, 0) is 4.79 Å². The molecule has 154 valence electrons. The Morgan fingerprint density at radius 2 is 1.83 bits per heavy atom.